The molecule has 25 heavy (non-hydrogen) atoms. The van der Waals surface area contributed by atoms with Gasteiger partial charge in [-0.3, -0.25) is 4.79 Å². The number of halogens is 2. The zero-order valence-corrected chi connectivity index (χ0v) is 14.5. The first kappa shape index (κ1) is 19.0. The minimum atomic E-state index is -0.748. The molecule has 6 nitrogen and oxygen atoms in total. The van der Waals surface area contributed by atoms with Gasteiger partial charge in [0.15, 0.2) is 11.9 Å². The first-order valence-electron chi connectivity index (χ1n) is 6.91. The molecule has 0 spiro atoms. The van der Waals surface area contributed by atoms with Crippen LogP contribution in [0, 0.1) is 5.82 Å². The Morgan fingerprint density at radius 1 is 1.36 bits per heavy atom. The molecular weight excluding hydrogens is 373 g/mol. The van der Waals surface area contributed by atoms with Crippen molar-refractivity contribution in [3.63, 3.8) is 0 Å². The maximum absolute atomic E-state index is 13.6. The summed E-state index contributed by atoms with van der Waals surface area (Å²) in [6.45, 7) is 2.79. The Morgan fingerprint density at radius 3 is 2.68 bits per heavy atom. The van der Waals surface area contributed by atoms with E-state index in [1.807, 2.05) is 0 Å². The van der Waals surface area contributed by atoms with E-state index in [-0.39, 0.29) is 22.0 Å². The van der Waals surface area contributed by atoms with Gasteiger partial charge < -0.3 is 14.2 Å². The highest BCUT2D eigenvalue weighted by Gasteiger charge is 2.16. The van der Waals surface area contributed by atoms with Crippen molar-refractivity contribution in [1.29, 1.82) is 0 Å². The maximum Gasteiger partial charge on any atom is 0.418 e. The van der Waals surface area contributed by atoms with E-state index >= 15 is 0 Å². The van der Waals surface area contributed by atoms with E-state index in [2.05, 4.69) is 9.72 Å². The molecule has 2 aromatic rings. The van der Waals surface area contributed by atoms with Gasteiger partial charge in [-0.15, -0.1) is 0 Å². The highest BCUT2D eigenvalue weighted by atomic mass is 35.5. The monoisotopic (exact) mass is 384 g/mol. The number of benzene rings is 1. The van der Waals surface area contributed by atoms with Crippen LogP contribution in [-0.4, -0.2) is 28.6 Å². The second kappa shape index (κ2) is 9.24. The molecule has 0 aliphatic carbocycles. The van der Waals surface area contributed by atoms with Crippen molar-refractivity contribution in [1.82, 2.24) is 4.98 Å². The fourth-order valence-corrected chi connectivity index (χ4v) is 2.31. The first-order valence-corrected chi connectivity index (χ1v) is 8.27. The third kappa shape index (κ3) is 5.91. The lowest BCUT2D eigenvalue weighted by molar-refractivity contribution is -0.116. The van der Waals surface area contributed by atoms with Crippen molar-refractivity contribution in [3.8, 4) is 17.4 Å². The van der Waals surface area contributed by atoms with Gasteiger partial charge in [0.05, 0.1) is 5.02 Å². The van der Waals surface area contributed by atoms with Crippen molar-refractivity contribution in [2.45, 2.75) is 13.0 Å². The molecule has 1 aromatic carbocycles. The van der Waals surface area contributed by atoms with Crippen LogP contribution in [0.1, 0.15) is 6.92 Å². The lowest BCUT2D eigenvalue weighted by atomic mass is 10.3. The molecule has 131 valence electrons. The van der Waals surface area contributed by atoms with Gasteiger partial charge >= 0.3 is 6.47 Å². The first-order chi connectivity index (χ1) is 12.0. The van der Waals surface area contributed by atoms with Crippen molar-refractivity contribution in [2.24, 2.45) is 0 Å². The summed E-state index contributed by atoms with van der Waals surface area (Å²) in [7, 11) is 0. The van der Waals surface area contributed by atoms with Crippen LogP contribution < -0.4 is 9.47 Å². The van der Waals surface area contributed by atoms with E-state index < -0.39 is 11.9 Å². The van der Waals surface area contributed by atoms with Crippen LogP contribution >= 0.6 is 23.4 Å². The average Bonchev–Trinajstić information content (AvgIpc) is 2.59. The summed E-state index contributed by atoms with van der Waals surface area (Å²) in [6, 6.07) is 7.30. The van der Waals surface area contributed by atoms with Crippen molar-refractivity contribution >= 4 is 35.0 Å². The zero-order valence-electron chi connectivity index (χ0n) is 12.9. The topological polar surface area (TPSA) is 74.7 Å². The molecule has 0 saturated heterocycles. The Bertz CT molecular complexity index is 744. The van der Waals surface area contributed by atoms with Crippen LogP contribution in [0.2, 0.25) is 5.02 Å². The number of hydrogen-bond donors (Lipinski definition) is 0. The Labute approximate surface area is 152 Å². The molecule has 1 aromatic heterocycles. The molecular formula is C16H12ClFNO5S. The third-order valence-electron chi connectivity index (χ3n) is 2.78. The largest absolute Gasteiger partial charge is 0.482 e. The van der Waals surface area contributed by atoms with Gasteiger partial charge in [0, 0.05) is 6.20 Å². The normalized spacial score (nSPS) is 11.5. The van der Waals surface area contributed by atoms with Crippen molar-refractivity contribution in [3.05, 3.63) is 47.4 Å². The Kier molecular flexibility index (Phi) is 7.03. The highest BCUT2D eigenvalue weighted by molar-refractivity contribution is 8.13. The van der Waals surface area contributed by atoms with Crippen molar-refractivity contribution < 1.29 is 28.2 Å². The molecule has 0 fully saturated rings. The van der Waals surface area contributed by atoms with Gasteiger partial charge in [0.25, 0.3) is 5.88 Å². The van der Waals surface area contributed by atoms with Crippen LogP contribution in [0.3, 0.4) is 0 Å². The summed E-state index contributed by atoms with van der Waals surface area (Å²) in [5.41, 5.74) is 0. The quantitative estimate of drug-likeness (QED) is 0.507. The molecule has 2 rings (SSSR count). The number of hydrogen-bond acceptors (Lipinski definition) is 7. The highest BCUT2D eigenvalue weighted by Crippen LogP contribution is 2.26. The second-order valence-electron chi connectivity index (χ2n) is 4.58. The molecule has 0 aliphatic rings. The number of pyridine rings is 1. The van der Waals surface area contributed by atoms with Gasteiger partial charge in [-0.05, 0) is 49.0 Å². The Hall–Kier alpha value is -2.32. The third-order valence-corrected chi connectivity index (χ3v) is 3.83. The minimum absolute atomic E-state index is 0.123. The molecule has 0 bridgehead atoms. The number of nitrogens with zero attached hydrogens (tertiary/aromatic N) is 1. The van der Waals surface area contributed by atoms with E-state index in [1.165, 1.54) is 12.7 Å². The lowest BCUT2D eigenvalue weighted by Crippen LogP contribution is -2.21. The minimum Gasteiger partial charge on any atom is -0.482 e. The average molecular weight is 385 g/mol. The fourth-order valence-electron chi connectivity index (χ4n) is 1.66. The van der Waals surface area contributed by atoms with E-state index in [1.54, 1.807) is 31.2 Å². The van der Waals surface area contributed by atoms with E-state index in [9.17, 15) is 14.0 Å². The molecule has 1 radical (unpaired) electrons. The maximum atomic E-state index is 13.6. The van der Waals surface area contributed by atoms with Crippen LogP contribution in [0.25, 0.3) is 0 Å². The fraction of sp³-hybridized carbons (Fsp3) is 0.188. The predicted molar refractivity (Wildman–Crippen MR) is 90.1 cm³/mol. The van der Waals surface area contributed by atoms with Gasteiger partial charge in [-0.2, -0.15) is 0 Å². The summed E-state index contributed by atoms with van der Waals surface area (Å²) >= 11 is 6.43. The van der Waals surface area contributed by atoms with Gasteiger partial charge in [-0.25, -0.2) is 14.2 Å². The van der Waals surface area contributed by atoms with E-state index in [0.717, 1.165) is 17.8 Å². The zero-order chi connectivity index (χ0) is 18.2. The number of carbonyl (C=O) groups is 1. The molecule has 0 aliphatic heterocycles. The molecule has 0 N–H and O–H groups in total. The summed E-state index contributed by atoms with van der Waals surface area (Å²) in [4.78, 5) is 25.4. The number of carbonyl (C=O) groups excluding carboxylic acids is 2. The molecule has 1 atom stereocenters. The van der Waals surface area contributed by atoms with Crippen LogP contribution in [0.4, 0.5) is 4.39 Å². The lowest BCUT2D eigenvalue weighted by Gasteiger charge is -2.13. The summed E-state index contributed by atoms with van der Waals surface area (Å²) in [5.74, 6) is -0.253. The van der Waals surface area contributed by atoms with Crippen LogP contribution in [0.5, 0.6) is 17.4 Å². The summed E-state index contributed by atoms with van der Waals surface area (Å²) < 4.78 is 28.7. The van der Waals surface area contributed by atoms with Crippen molar-refractivity contribution in [2.75, 3.05) is 5.94 Å². The summed E-state index contributed by atoms with van der Waals surface area (Å²) in [5, 5.41) is -0.135. The smallest absolute Gasteiger partial charge is 0.418 e. The Balaban J connectivity index is 1.93. The van der Waals surface area contributed by atoms with Gasteiger partial charge in [0.1, 0.15) is 17.4 Å². The molecule has 0 amide bonds. The number of ether oxygens (including phenoxy) is 3. The predicted octanol–water partition coefficient (Wildman–Crippen LogP) is 3.73. The van der Waals surface area contributed by atoms with Crippen LogP contribution in [-0.2, 0) is 14.3 Å². The second-order valence-corrected chi connectivity index (χ2v) is 5.95. The summed E-state index contributed by atoms with van der Waals surface area (Å²) in [6.07, 6.45) is 0.525. The molecule has 1 heterocycles. The number of thioether (sulfide) groups is 1. The molecule has 9 heteroatoms. The molecule has 0 saturated carbocycles. The number of rotatable bonds is 8. The van der Waals surface area contributed by atoms with Crippen LogP contribution in [0.15, 0.2) is 36.5 Å². The van der Waals surface area contributed by atoms with Gasteiger partial charge in [0.2, 0.25) is 5.12 Å². The van der Waals surface area contributed by atoms with E-state index in [0.29, 0.717) is 11.5 Å². The number of aromatic nitrogens is 1. The van der Waals surface area contributed by atoms with E-state index in [4.69, 9.17) is 21.1 Å². The standard InChI is InChI=1S/C16H12ClFNO5S/c1-10(16(21)25-9-22-8-20)23-12-2-4-13(5-3-12)24-15-14(18)6-11(17)7-19-15/h2-7,10H,9H2,1H3. The SMILES string of the molecule is CC(Oc1ccc(Oc2ncc(Cl)cc2F)cc1)C(=O)SCO[C]=O. The van der Waals surface area contributed by atoms with Gasteiger partial charge in [-0.1, -0.05) is 11.6 Å². The Morgan fingerprint density at radius 2 is 2.04 bits per heavy atom. The molecule has 1 unspecified atom stereocenters.